The first-order valence-corrected chi connectivity index (χ1v) is 7.25. The number of aliphatic carboxylic acids is 1. The summed E-state index contributed by atoms with van der Waals surface area (Å²) in [4.78, 5) is 22.8. The molecule has 1 fully saturated rings. The van der Waals surface area contributed by atoms with E-state index < -0.39 is 5.97 Å². The number of aryl methyl sites for hydroxylation is 1. The van der Waals surface area contributed by atoms with Gasteiger partial charge >= 0.3 is 5.97 Å². The molecule has 1 aromatic carbocycles. The third-order valence-electron chi connectivity index (χ3n) is 4.11. The molecule has 0 spiro atoms. The number of carboxylic acid groups (broad SMARTS) is 1. The van der Waals surface area contributed by atoms with Gasteiger partial charge in [0.25, 0.3) is 5.91 Å². The lowest BCUT2D eigenvalue weighted by Gasteiger charge is -2.14. The fourth-order valence-electron chi connectivity index (χ4n) is 2.41. The minimum atomic E-state index is -0.999. The second kappa shape index (κ2) is 6.12. The molecule has 2 N–H and O–H groups in total. The van der Waals surface area contributed by atoms with E-state index in [0.717, 1.165) is 30.2 Å². The lowest BCUT2D eigenvalue weighted by atomic mass is 10.0. The summed E-state index contributed by atoms with van der Waals surface area (Å²) in [7, 11) is 0. The summed E-state index contributed by atoms with van der Waals surface area (Å²) in [5.74, 6) is -1.09. The molecule has 2 rings (SSSR count). The van der Waals surface area contributed by atoms with Crippen LogP contribution in [-0.2, 0) is 4.79 Å². The summed E-state index contributed by atoms with van der Waals surface area (Å²) in [5, 5.41) is 11.7. The Morgan fingerprint density at radius 1 is 1.33 bits per heavy atom. The molecule has 0 aliphatic heterocycles. The van der Waals surface area contributed by atoms with Gasteiger partial charge < -0.3 is 10.4 Å². The van der Waals surface area contributed by atoms with Crippen molar-refractivity contribution in [1.82, 2.24) is 5.32 Å². The Bertz CT molecular complexity index is 586. The molecule has 1 aliphatic carbocycles. The Hall–Kier alpha value is -2.10. The number of benzene rings is 1. The molecule has 1 aromatic rings. The Morgan fingerprint density at radius 3 is 2.62 bits per heavy atom. The van der Waals surface area contributed by atoms with E-state index in [4.69, 9.17) is 5.11 Å². The molecule has 1 amide bonds. The van der Waals surface area contributed by atoms with E-state index in [-0.39, 0.29) is 5.91 Å². The molecule has 0 atom stereocenters. The van der Waals surface area contributed by atoms with Crippen LogP contribution in [0.25, 0.3) is 6.08 Å². The van der Waals surface area contributed by atoms with Gasteiger partial charge in [-0.15, -0.1) is 0 Å². The van der Waals surface area contributed by atoms with Crippen molar-refractivity contribution in [1.29, 1.82) is 0 Å². The first-order chi connectivity index (χ1) is 9.94. The number of rotatable bonds is 6. The Morgan fingerprint density at radius 2 is 2.05 bits per heavy atom. The minimum absolute atomic E-state index is 0.0941. The minimum Gasteiger partial charge on any atom is -0.478 e. The topological polar surface area (TPSA) is 66.4 Å². The Labute approximate surface area is 124 Å². The first kappa shape index (κ1) is 15.3. The molecule has 0 aromatic heterocycles. The molecule has 0 radical (unpaired) electrons. The van der Waals surface area contributed by atoms with Crippen LogP contribution in [0.1, 0.15) is 47.7 Å². The van der Waals surface area contributed by atoms with E-state index in [1.807, 2.05) is 19.1 Å². The highest BCUT2D eigenvalue weighted by Crippen LogP contribution is 2.47. The van der Waals surface area contributed by atoms with Crippen LogP contribution in [-0.4, -0.2) is 23.5 Å². The van der Waals surface area contributed by atoms with Crippen molar-refractivity contribution in [3.05, 3.63) is 41.0 Å². The second-order valence-corrected chi connectivity index (χ2v) is 5.84. The van der Waals surface area contributed by atoms with Crippen LogP contribution >= 0.6 is 0 Å². The van der Waals surface area contributed by atoms with Crippen LogP contribution in [0.2, 0.25) is 0 Å². The lowest BCUT2D eigenvalue weighted by molar-refractivity contribution is -0.131. The quantitative estimate of drug-likeness (QED) is 0.790. The zero-order valence-corrected chi connectivity index (χ0v) is 12.5. The molecule has 0 heterocycles. The summed E-state index contributed by atoms with van der Waals surface area (Å²) in [6.07, 6.45) is 6.04. The highest BCUT2D eigenvalue weighted by molar-refractivity contribution is 5.95. The van der Waals surface area contributed by atoms with Gasteiger partial charge in [-0.2, -0.15) is 0 Å². The van der Waals surface area contributed by atoms with Gasteiger partial charge in [-0.1, -0.05) is 13.0 Å². The molecular formula is C17H21NO3. The summed E-state index contributed by atoms with van der Waals surface area (Å²) in [5.41, 5.74) is 2.54. The number of hydrogen-bond donors (Lipinski definition) is 2. The number of nitrogens with one attached hydrogen (secondary N) is 1. The normalized spacial score (nSPS) is 15.9. The van der Waals surface area contributed by atoms with Crippen LogP contribution in [0.5, 0.6) is 0 Å². The Balaban J connectivity index is 2.07. The maximum absolute atomic E-state index is 12.2. The van der Waals surface area contributed by atoms with Crippen LogP contribution in [0.15, 0.2) is 24.3 Å². The number of carbonyl (C=O) groups excluding carboxylic acids is 1. The van der Waals surface area contributed by atoms with E-state index in [9.17, 15) is 9.59 Å². The molecule has 1 aliphatic rings. The van der Waals surface area contributed by atoms with Crippen LogP contribution in [0, 0.1) is 12.3 Å². The van der Waals surface area contributed by atoms with Crippen LogP contribution in [0.3, 0.4) is 0 Å². The predicted octanol–water partition coefficient (Wildman–Crippen LogP) is 3.01. The largest absolute Gasteiger partial charge is 0.478 e. The standard InChI is InChI=1S/C17H21NO3/c1-3-17(6-7-17)11-18-16(21)14-9-12(2)8-13(10-14)4-5-15(19)20/h4-5,8-10H,3,6-7,11H2,1-2H3,(H,18,21)(H,19,20)/b5-4+. The maximum atomic E-state index is 12.2. The van der Waals surface area contributed by atoms with E-state index in [0.29, 0.717) is 11.0 Å². The Kier molecular flexibility index (Phi) is 4.46. The van der Waals surface area contributed by atoms with Crippen molar-refractivity contribution in [3.8, 4) is 0 Å². The van der Waals surface area contributed by atoms with Gasteiger partial charge in [0, 0.05) is 18.2 Å². The molecular weight excluding hydrogens is 266 g/mol. The predicted molar refractivity (Wildman–Crippen MR) is 82.1 cm³/mol. The molecule has 0 unspecified atom stereocenters. The third kappa shape index (κ3) is 4.18. The van der Waals surface area contributed by atoms with Crippen LogP contribution in [0.4, 0.5) is 0 Å². The molecule has 4 heteroatoms. The highest BCUT2D eigenvalue weighted by Gasteiger charge is 2.40. The zero-order chi connectivity index (χ0) is 15.5. The van der Waals surface area contributed by atoms with Gasteiger partial charge in [0.05, 0.1) is 0 Å². The van der Waals surface area contributed by atoms with E-state index in [2.05, 4.69) is 12.2 Å². The van der Waals surface area contributed by atoms with Crippen molar-refractivity contribution in [2.75, 3.05) is 6.54 Å². The van der Waals surface area contributed by atoms with Gasteiger partial charge in [-0.3, -0.25) is 4.79 Å². The zero-order valence-electron chi connectivity index (χ0n) is 12.5. The van der Waals surface area contributed by atoms with E-state index in [1.54, 1.807) is 6.07 Å². The molecule has 4 nitrogen and oxygen atoms in total. The molecule has 112 valence electrons. The fourth-order valence-corrected chi connectivity index (χ4v) is 2.41. The van der Waals surface area contributed by atoms with Gasteiger partial charge in [-0.05, 0) is 60.9 Å². The smallest absolute Gasteiger partial charge is 0.328 e. The van der Waals surface area contributed by atoms with Gasteiger partial charge in [0.1, 0.15) is 0 Å². The molecule has 0 bridgehead atoms. The first-order valence-electron chi connectivity index (χ1n) is 7.25. The number of hydrogen-bond acceptors (Lipinski definition) is 2. The lowest BCUT2D eigenvalue weighted by Crippen LogP contribution is -2.30. The maximum Gasteiger partial charge on any atom is 0.328 e. The van der Waals surface area contributed by atoms with E-state index >= 15 is 0 Å². The second-order valence-electron chi connectivity index (χ2n) is 5.84. The van der Waals surface area contributed by atoms with E-state index in [1.165, 1.54) is 18.9 Å². The molecule has 1 saturated carbocycles. The van der Waals surface area contributed by atoms with Crippen molar-refractivity contribution in [2.45, 2.75) is 33.1 Å². The highest BCUT2D eigenvalue weighted by atomic mass is 16.4. The number of amides is 1. The number of carbonyl (C=O) groups is 2. The van der Waals surface area contributed by atoms with Crippen LogP contribution < -0.4 is 5.32 Å². The monoisotopic (exact) mass is 287 g/mol. The van der Waals surface area contributed by atoms with Gasteiger partial charge in [0.2, 0.25) is 0 Å². The molecule has 0 saturated heterocycles. The van der Waals surface area contributed by atoms with Crippen molar-refractivity contribution >= 4 is 18.0 Å². The van der Waals surface area contributed by atoms with Crippen molar-refractivity contribution in [3.63, 3.8) is 0 Å². The van der Waals surface area contributed by atoms with Crippen molar-refractivity contribution < 1.29 is 14.7 Å². The SMILES string of the molecule is CCC1(CNC(=O)c2cc(C)cc(/C=C/C(=O)O)c2)CC1. The summed E-state index contributed by atoms with van der Waals surface area (Å²) >= 11 is 0. The average molecular weight is 287 g/mol. The average Bonchev–Trinajstić information content (AvgIpc) is 3.22. The van der Waals surface area contributed by atoms with Gasteiger partial charge in [0.15, 0.2) is 0 Å². The number of carboxylic acids is 1. The summed E-state index contributed by atoms with van der Waals surface area (Å²) < 4.78 is 0. The summed E-state index contributed by atoms with van der Waals surface area (Å²) in [6.45, 7) is 4.76. The summed E-state index contributed by atoms with van der Waals surface area (Å²) in [6, 6.07) is 5.39. The van der Waals surface area contributed by atoms with Crippen molar-refractivity contribution in [2.24, 2.45) is 5.41 Å². The van der Waals surface area contributed by atoms with Gasteiger partial charge in [-0.25, -0.2) is 4.79 Å². The molecule has 21 heavy (non-hydrogen) atoms. The fraction of sp³-hybridized carbons (Fsp3) is 0.412. The third-order valence-corrected chi connectivity index (χ3v) is 4.11.